The van der Waals surface area contributed by atoms with E-state index in [4.69, 9.17) is 4.99 Å². The van der Waals surface area contributed by atoms with Gasteiger partial charge in [-0.2, -0.15) is 0 Å². The maximum absolute atomic E-state index is 4.92. The summed E-state index contributed by atoms with van der Waals surface area (Å²) in [5, 5.41) is 0. The number of hydrogen-bond donors (Lipinski definition) is 0. The molecule has 0 unspecified atom stereocenters. The number of hydrogen-bond acceptors (Lipinski definition) is 1. The van der Waals surface area contributed by atoms with Gasteiger partial charge in [-0.05, 0) is 32.4 Å². The van der Waals surface area contributed by atoms with Gasteiger partial charge in [0.1, 0.15) is 7.05 Å². The molecule has 0 N–H and O–H groups in total. The van der Waals surface area contributed by atoms with E-state index in [0.717, 1.165) is 0 Å². The zero-order chi connectivity index (χ0) is 14.2. The lowest BCUT2D eigenvalue weighted by molar-refractivity contribution is -0.403. The molecule has 0 saturated carbocycles. The van der Waals surface area contributed by atoms with Gasteiger partial charge >= 0.3 is 0 Å². The van der Waals surface area contributed by atoms with Crippen molar-refractivity contribution in [1.29, 1.82) is 0 Å². The van der Waals surface area contributed by atoms with E-state index in [1.165, 1.54) is 33.9 Å². The maximum Gasteiger partial charge on any atom is 0.211 e. The molecule has 3 rings (SSSR count). The van der Waals surface area contributed by atoms with E-state index in [9.17, 15) is 0 Å². The molecule has 0 radical (unpaired) electrons. The number of nitrogens with zero attached hydrogens (tertiary/aromatic N) is 2. The second-order valence-corrected chi connectivity index (χ2v) is 6.95. The lowest BCUT2D eigenvalue weighted by Crippen LogP contribution is -3.00. The Morgan fingerprint density at radius 1 is 1.00 bits per heavy atom. The van der Waals surface area contributed by atoms with E-state index < -0.39 is 0 Å². The minimum Gasteiger partial charge on any atom is -1.00 e. The third-order valence-corrected chi connectivity index (χ3v) is 5.41. The van der Waals surface area contributed by atoms with E-state index in [2.05, 4.69) is 65.3 Å². The first kappa shape index (κ1) is 15.7. The van der Waals surface area contributed by atoms with Gasteiger partial charge in [0.05, 0.1) is 16.7 Å². The fraction of sp³-hybridized carbons (Fsp3) is 0.529. The minimum absolute atomic E-state index is 0. The molecule has 2 aliphatic heterocycles. The van der Waals surface area contributed by atoms with Crippen LogP contribution in [0.3, 0.4) is 0 Å². The molecule has 0 saturated heterocycles. The summed E-state index contributed by atoms with van der Waals surface area (Å²) in [6.45, 7) is 13.5. The molecule has 2 aliphatic rings. The van der Waals surface area contributed by atoms with Gasteiger partial charge in [0, 0.05) is 24.1 Å². The van der Waals surface area contributed by atoms with Crippen LogP contribution in [0.2, 0.25) is 0 Å². The maximum atomic E-state index is 4.92. The van der Waals surface area contributed by atoms with E-state index in [1.807, 2.05) is 0 Å². The smallest absolute Gasteiger partial charge is 0.211 e. The Labute approximate surface area is 139 Å². The number of halogens is 1. The predicted molar refractivity (Wildman–Crippen MR) is 81.8 cm³/mol. The van der Waals surface area contributed by atoms with Gasteiger partial charge in [0.25, 0.3) is 0 Å². The van der Waals surface area contributed by atoms with Crippen LogP contribution in [0.25, 0.3) is 0 Å². The third-order valence-electron chi connectivity index (χ3n) is 5.41. The molecule has 0 bridgehead atoms. The van der Waals surface area contributed by atoms with E-state index in [-0.39, 0.29) is 34.8 Å². The second kappa shape index (κ2) is 4.39. The Balaban J connectivity index is 0.00000147. The molecular weight excluding hydrogens is 359 g/mol. The van der Waals surface area contributed by atoms with Crippen LogP contribution in [-0.2, 0) is 10.8 Å². The fourth-order valence-corrected chi connectivity index (χ4v) is 3.38. The standard InChI is InChI=1S/C17H23N2.HI/c1-10-16(3,4)12-8-9-13-14(15(12)18-10)17(5,6)11(2)19(13)7;/h8-9H,1-7H3;1H/q+1;/p-1. The zero-order valence-electron chi connectivity index (χ0n) is 13.4. The van der Waals surface area contributed by atoms with Crippen molar-refractivity contribution >= 4 is 22.8 Å². The minimum atomic E-state index is 0. The highest BCUT2D eigenvalue weighted by Gasteiger charge is 2.47. The van der Waals surface area contributed by atoms with Crippen molar-refractivity contribution in [2.45, 2.75) is 52.4 Å². The summed E-state index contributed by atoms with van der Waals surface area (Å²) in [7, 11) is 2.16. The topological polar surface area (TPSA) is 15.4 Å². The molecule has 0 amide bonds. The highest BCUT2D eigenvalue weighted by Crippen LogP contribution is 2.51. The summed E-state index contributed by atoms with van der Waals surface area (Å²) in [6, 6.07) is 4.53. The summed E-state index contributed by atoms with van der Waals surface area (Å²) >= 11 is 0. The lowest BCUT2D eigenvalue weighted by Gasteiger charge is -2.22. The van der Waals surface area contributed by atoms with Crippen molar-refractivity contribution in [3.8, 4) is 0 Å². The molecule has 1 aromatic carbocycles. The molecule has 108 valence electrons. The fourth-order valence-electron chi connectivity index (χ4n) is 3.38. The van der Waals surface area contributed by atoms with Gasteiger partial charge in [0.15, 0.2) is 5.71 Å². The molecule has 0 spiro atoms. The molecule has 0 aliphatic carbocycles. The first-order valence-electron chi connectivity index (χ1n) is 7.00. The van der Waals surface area contributed by atoms with E-state index >= 15 is 0 Å². The molecule has 2 nitrogen and oxygen atoms in total. The summed E-state index contributed by atoms with van der Waals surface area (Å²) < 4.78 is 2.31. The summed E-state index contributed by atoms with van der Waals surface area (Å²) in [4.78, 5) is 4.92. The largest absolute Gasteiger partial charge is 1.00 e. The summed E-state index contributed by atoms with van der Waals surface area (Å²) in [5.74, 6) is 0. The molecule has 1 aromatic rings. The van der Waals surface area contributed by atoms with Crippen molar-refractivity contribution in [3.05, 3.63) is 23.3 Å². The molecule has 0 aromatic heterocycles. The van der Waals surface area contributed by atoms with Crippen LogP contribution < -0.4 is 24.0 Å². The predicted octanol–water partition coefficient (Wildman–Crippen LogP) is 1.10. The van der Waals surface area contributed by atoms with Crippen LogP contribution >= 0.6 is 0 Å². The molecule has 3 heteroatoms. The average molecular weight is 382 g/mol. The van der Waals surface area contributed by atoms with Crippen molar-refractivity contribution in [2.24, 2.45) is 4.99 Å². The quantitative estimate of drug-likeness (QED) is 0.472. The number of fused-ring (bicyclic) bond motifs is 3. The Morgan fingerprint density at radius 2 is 1.60 bits per heavy atom. The van der Waals surface area contributed by atoms with Crippen molar-refractivity contribution < 1.29 is 28.6 Å². The third kappa shape index (κ3) is 1.68. The second-order valence-electron chi connectivity index (χ2n) is 6.95. The first-order valence-corrected chi connectivity index (χ1v) is 7.00. The van der Waals surface area contributed by atoms with E-state index in [0.29, 0.717) is 0 Å². The SMILES string of the molecule is CC1=Nc2c(ccc3c2C(C)(C)C(C)=[N+]3C)C1(C)C.[I-]. The number of rotatable bonds is 0. The highest BCUT2D eigenvalue weighted by atomic mass is 127. The van der Waals surface area contributed by atoms with Crippen LogP contribution in [0, 0.1) is 0 Å². The summed E-state index contributed by atoms with van der Waals surface area (Å²) in [5.41, 5.74) is 8.06. The van der Waals surface area contributed by atoms with Crippen molar-refractivity contribution in [3.63, 3.8) is 0 Å². The highest BCUT2D eigenvalue weighted by molar-refractivity contribution is 6.03. The van der Waals surface area contributed by atoms with Crippen molar-refractivity contribution in [2.75, 3.05) is 7.05 Å². The van der Waals surface area contributed by atoms with Gasteiger partial charge in [-0.25, -0.2) is 4.58 Å². The zero-order valence-corrected chi connectivity index (χ0v) is 15.6. The molecule has 0 atom stereocenters. The van der Waals surface area contributed by atoms with Crippen LogP contribution in [0.4, 0.5) is 11.4 Å². The Kier molecular flexibility index (Phi) is 3.44. The van der Waals surface area contributed by atoms with Gasteiger partial charge in [-0.15, -0.1) is 0 Å². The van der Waals surface area contributed by atoms with Gasteiger partial charge in [0.2, 0.25) is 5.69 Å². The monoisotopic (exact) mass is 382 g/mol. The number of benzene rings is 1. The van der Waals surface area contributed by atoms with Crippen LogP contribution in [0.5, 0.6) is 0 Å². The molecule has 20 heavy (non-hydrogen) atoms. The lowest BCUT2D eigenvalue weighted by atomic mass is 9.76. The first-order chi connectivity index (χ1) is 8.69. The van der Waals surface area contributed by atoms with Crippen LogP contribution in [0.15, 0.2) is 17.1 Å². The van der Waals surface area contributed by atoms with Crippen LogP contribution in [-0.4, -0.2) is 23.0 Å². The van der Waals surface area contributed by atoms with Gasteiger partial charge in [-0.1, -0.05) is 13.8 Å². The average Bonchev–Trinajstić information content (AvgIpc) is 2.66. The van der Waals surface area contributed by atoms with Gasteiger partial charge in [-0.3, -0.25) is 4.99 Å². The Hall–Kier alpha value is -0.710. The molecular formula is C17H23IN2. The normalized spacial score (nSPS) is 21.2. The molecule has 2 heterocycles. The Morgan fingerprint density at radius 3 is 2.20 bits per heavy atom. The van der Waals surface area contributed by atoms with Crippen LogP contribution in [0.1, 0.15) is 52.7 Å². The van der Waals surface area contributed by atoms with Gasteiger partial charge < -0.3 is 24.0 Å². The van der Waals surface area contributed by atoms with Crippen molar-refractivity contribution in [1.82, 2.24) is 0 Å². The van der Waals surface area contributed by atoms with E-state index in [1.54, 1.807) is 0 Å². The Bertz CT molecular complexity index is 664. The number of aliphatic imine (C=N–C) groups is 1. The molecule has 0 fully saturated rings. The summed E-state index contributed by atoms with van der Waals surface area (Å²) in [6.07, 6.45) is 0.